The van der Waals surface area contributed by atoms with Crippen LogP contribution in [-0.2, 0) is 6.54 Å². The number of unbranched alkanes of at least 4 members (excludes halogenated alkanes) is 1. The molecule has 21 heavy (non-hydrogen) atoms. The Hall–Kier alpha value is -0.980. The highest BCUT2D eigenvalue weighted by atomic mass is 127. The van der Waals surface area contributed by atoms with Crippen molar-refractivity contribution in [3.05, 3.63) is 29.8 Å². The van der Waals surface area contributed by atoms with Crippen LogP contribution in [0.15, 0.2) is 29.3 Å². The molecule has 4 nitrogen and oxygen atoms in total. The van der Waals surface area contributed by atoms with Gasteiger partial charge in [0.2, 0.25) is 0 Å². The maximum absolute atomic E-state index is 5.62. The molecule has 0 atom stereocenters. The number of nitrogens with one attached hydrogen (secondary N) is 2. The first-order valence-corrected chi connectivity index (χ1v) is 7.54. The van der Waals surface area contributed by atoms with Gasteiger partial charge in [-0.15, -0.1) is 24.0 Å². The van der Waals surface area contributed by atoms with Gasteiger partial charge in [0.1, 0.15) is 5.75 Å². The summed E-state index contributed by atoms with van der Waals surface area (Å²) in [6.07, 6.45) is 2.33. The molecule has 0 spiro atoms. The first-order chi connectivity index (χ1) is 9.81. The van der Waals surface area contributed by atoms with Gasteiger partial charge >= 0.3 is 0 Å². The number of nitrogens with zero attached hydrogens (tertiary/aromatic N) is 1. The van der Waals surface area contributed by atoms with Gasteiger partial charge < -0.3 is 15.4 Å². The van der Waals surface area contributed by atoms with Crippen LogP contribution in [0, 0.1) is 0 Å². The van der Waals surface area contributed by atoms with Crippen molar-refractivity contribution >= 4 is 29.9 Å². The standard InChI is InChI=1S/C16H27N3O.HI/c1-4-7-12-18-16(17-5-2)19-13-14-10-8-9-11-15(14)20-6-3;/h8-11H,4-7,12-13H2,1-3H3,(H2,17,18,19);1H. The number of aliphatic imine (C=N–C) groups is 1. The van der Waals surface area contributed by atoms with E-state index in [1.165, 1.54) is 6.42 Å². The Labute approximate surface area is 145 Å². The van der Waals surface area contributed by atoms with Gasteiger partial charge in [0, 0.05) is 18.7 Å². The lowest BCUT2D eigenvalue weighted by Crippen LogP contribution is -2.37. The van der Waals surface area contributed by atoms with Crippen molar-refractivity contribution in [2.75, 3.05) is 19.7 Å². The fraction of sp³-hybridized carbons (Fsp3) is 0.562. The molecule has 1 aromatic rings. The first-order valence-electron chi connectivity index (χ1n) is 7.54. The molecule has 0 aliphatic carbocycles. The van der Waals surface area contributed by atoms with Crippen molar-refractivity contribution in [2.45, 2.75) is 40.2 Å². The van der Waals surface area contributed by atoms with Crippen molar-refractivity contribution in [3.8, 4) is 5.75 Å². The van der Waals surface area contributed by atoms with Crippen molar-refractivity contribution < 1.29 is 4.74 Å². The fourth-order valence-electron chi connectivity index (χ4n) is 1.82. The van der Waals surface area contributed by atoms with Crippen molar-refractivity contribution in [1.29, 1.82) is 0 Å². The maximum atomic E-state index is 5.62. The van der Waals surface area contributed by atoms with Crippen LogP contribution in [-0.4, -0.2) is 25.7 Å². The number of hydrogen-bond acceptors (Lipinski definition) is 2. The Bertz CT molecular complexity index is 410. The molecule has 0 saturated heterocycles. The second-order valence-corrected chi connectivity index (χ2v) is 4.52. The molecule has 0 bridgehead atoms. The molecular weight excluding hydrogens is 377 g/mol. The molecular formula is C16H28IN3O. The highest BCUT2D eigenvalue weighted by molar-refractivity contribution is 14.0. The highest BCUT2D eigenvalue weighted by Crippen LogP contribution is 2.18. The fourth-order valence-corrected chi connectivity index (χ4v) is 1.82. The molecule has 0 fully saturated rings. The first kappa shape index (κ1) is 20.0. The van der Waals surface area contributed by atoms with Gasteiger partial charge in [0.25, 0.3) is 0 Å². The zero-order chi connectivity index (χ0) is 14.6. The molecule has 0 aliphatic heterocycles. The lowest BCUT2D eigenvalue weighted by molar-refractivity contribution is 0.336. The number of ether oxygens (including phenoxy) is 1. The summed E-state index contributed by atoms with van der Waals surface area (Å²) < 4.78 is 5.62. The largest absolute Gasteiger partial charge is 0.494 e. The van der Waals surface area contributed by atoms with E-state index in [1.54, 1.807) is 0 Å². The van der Waals surface area contributed by atoms with Gasteiger partial charge in [-0.05, 0) is 26.3 Å². The third-order valence-corrected chi connectivity index (χ3v) is 2.85. The van der Waals surface area contributed by atoms with E-state index >= 15 is 0 Å². The lowest BCUT2D eigenvalue weighted by Gasteiger charge is -2.12. The van der Waals surface area contributed by atoms with Gasteiger partial charge in [-0.2, -0.15) is 0 Å². The van der Waals surface area contributed by atoms with E-state index in [0.717, 1.165) is 36.8 Å². The van der Waals surface area contributed by atoms with E-state index in [9.17, 15) is 0 Å². The van der Waals surface area contributed by atoms with Crippen LogP contribution >= 0.6 is 24.0 Å². The zero-order valence-electron chi connectivity index (χ0n) is 13.3. The number of rotatable bonds is 8. The molecule has 2 N–H and O–H groups in total. The topological polar surface area (TPSA) is 45.7 Å². The second kappa shape index (κ2) is 12.7. The number of para-hydroxylation sites is 1. The molecule has 0 unspecified atom stereocenters. The Morgan fingerprint density at radius 3 is 2.57 bits per heavy atom. The smallest absolute Gasteiger partial charge is 0.191 e. The summed E-state index contributed by atoms with van der Waals surface area (Å²) in [4.78, 5) is 4.61. The Balaban J connectivity index is 0.00000400. The zero-order valence-corrected chi connectivity index (χ0v) is 15.6. The summed E-state index contributed by atoms with van der Waals surface area (Å²) in [5, 5.41) is 6.60. The quantitative estimate of drug-likeness (QED) is 0.301. The van der Waals surface area contributed by atoms with Crippen molar-refractivity contribution in [1.82, 2.24) is 10.6 Å². The molecule has 0 radical (unpaired) electrons. The van der Waals surface area contributed by atoms with Crippen molar-refractivity contribution in [3.63, 3.8) is 0 Å². The summed E-state index contributed by atoms with van der Waals surface area (Å²) in [7, 11) is 0. The third-order valence-electron chi connectivity index (χ3n) is 2.85. The SMILES string of the molecule is CCCCNC(=NCc1ccccc1OCC)NCC.I. The molecule has 1 aromatic carbocycles. The highest BCUT2D eigenvalue weighted by Gasteiger charge is 2.02. The Morgan fingerprint density at radius 1 is 1.14 bits per heavy atom. The monoisotopic (exact) mass is 405 g/mol. The summed E-state index contributed by atoms with van der Waals surface area (Å²) in [5.41, 5.74) is 1.11. The van der Waals surface area contributed by atoms with Gasteiger partial charge in [0.15, 0.2) is 5.96 Å². The van der Waals surface area contributed by atoms with E-state index < -0.39 is 0 Å². The van der Waals surface area contributed by atoms with Crippen LogP contribution in [0.5, 0.6) is 5.75 Å². The Kier molecular flexibility index (Phi) is 12.1. The second-order valence-electron chi connectivity index (χ2n) is 4.52. The Morgan fingerprint density at radius 2 is 1.90 bits per heavy atom. The minimum absolute atomic E-state index is 0. The average molecular weight is 405 g/mol. The summed E-state index contributed by atoms with van der Waals surface area (Å²) in [6, 6.07) is 8.06. The van der Waals surface area contributed by atoms with E-state index in [1.807, 2.05) is 25.1 Å². The molecule has 0 aromatic heterocycles. The van der Waals surface area contributed by atoms with Crippen LogP contribution in [0.25, 0.3) is 0 Å². The molecule has 120 valence electrons. The summed E-state index contributed by atoms with van der Waals surface area (Å²) in [5.74, 6) is 1.79. The van der Waals surface area contributed by atoms with Crippen LogP contribution in [0.2, 0.25) is 0 Å². The molecule has 1 rings (SSSR count). The molecule has 0 amide bonds. The summed E-state index contributed by atoms with van der Waals surface area (Å²) >= 11 is 0. The average Bonchev–Trinajstić information content (AvgIpc) is 2.46. The van der Waals surface area contributed by atoms with Crippen LogP contribution in [0.4, 0.5) is 0 Å². The van der Waals surface area contributed by atoms with Gasteiger partial charge in [-0.3, -0.25) is 0 Å². The van der Waals surface area contributed by atoms with Gasteiger partial charge in [0.05, 0.1) is 13.2 Å². The predicted molar refractivity (Wildman–Crippen MR) is 101 cm³/mol. The number of halogens is 1. The minimum Gasteiger partial charge on any atom is -0.494 e. The van der Waals surface area contributed by atoms with Crippen LogP contribution < -0.4 is 15.4 Å². The van der Waals surface area contributed by atoms with Gasteiger partial charge in [-0.25, -0.2) is 4.99 Å². The predicted octanol–water partition coefficient (Wildman–Crippen LogP) is 3.56. The van der Waals surface area contributed by atoms with Crippen LogP contribution in [0.1, 0.15) is 39.2 Å². The maximum Gasteiger partial charge on any atom is 0.191 e. The van der Waals surface area contributed by atoms with E-state index in [2.05, 4.69) is 35.5 Å². The third kappa shape index (κ3) is 8.14. The van der Waals surface area contributed by atoms with E-state index in [4.69, 9.17) is 4.74 Å². The number of hydrogen-bond donors (Lipinski definition) is 2. The normalized spacial score (nSPS) is 10.7. The molecule has 0 aliphatic rings. The number of benzene rings is 1. The molecule has 0 heterocycles. The van der Waals surface area contributed by atoms with Crippen LogP contribution in [0.3, 0.4) is 0 Å². The van der Waals surface area contributed by atoms with E-state index in [0.29, 0.717) is 13.2 Å². The lowest BCUT2D eigenvalue weighted by atomic mass is 10.2. The van der Waals surface area contributed by atoms with Crippen molar-refractivity contribution in [2.24, 2.45) is 4.99 Å². The molecule has 0 saturated carbocycles. The minimum atomic E-state index is 0. The molecule has 5 heteroatoms. The number of guanidine groups is 1. The van der Waals surface area contributed by atoms with E-state index in [-0.39, 0.29) is 24.0 Å². The van der Waals surface area contributed by atoms with Gasteiger partial charge in [-0.1, -0.05) is 31.5 Å². The summed E-state index contributed by atoms with van der Waals surface area (Å²) in [6.45, 7) is 9.37.